The molecule has 0 saturated carbocycles. The summed E-state index contributed by atoms with van der Waals surface area (Å²) in [5, 5.41) is 4.75. The second kappa shape index (κ2) is 9.11. The number of rotatable bonds is 4. The van der Waals surface area contributed by atoms with E-state index in [4.69, 9.17) is 15.6 Å². The molecule has 0 unspecified atom stereocenters. The number of carbonyl (C=O) groups excluding carboxylic acids is 1. The van der Waals surface area contributed by atoms with Gasteiger partial charge in [0.05, 0.1) is 18.4 Å². The van der Waals surface area contributed by atoms with Crippen molar-refractivity contribution in [3.05, 3.63) is 66.4 Å². The molecule has 1 amide bonds. The number of nitrogens with zero attached hydrogens (tertiary/aromatic N) is 3. The van der Waals surface area contributed by atoms with E-state index in [9.17, 15) is 4.79 Å². The summed E-state index contributed by atoms with van der Waals surface area (Å²) in [7, 11) is 1.63. The molecule has 0 atom stereocenters. The maximum absolute atomic E-state index is 13.3. The van der Waals surface area contributed by atoms with Gasteiger partial charge < -0.3 is 15.4 Å². The van der Waals surface area contributed by atoms with Crippen LogP contribution in [0.2, 0.25) is 0 Å². The minimum absolute atomic E-state index is 0. The van der Waals surface area contributed by atoms with Crippen molar-refractivity contribution in [3.63, 3.8) is 0 Å². The number of halogens is 1. The number of likely N-dealkylation sites (tertiary alicyclic amines) is 1. The molecule has 4 rings (SSSR count). The predicted molar refractivity (Wildman–Crippen MR) is 116 cm³/mol. The summed E-state index contributed by atoms with van der Waals surface area (Å²) in [5.41, 5.74) is 8.91. The number of methoxy groups -OCH3 is 1. The Bertz CT molecular complexity index is 966. The molecule has 7 heteroatoms. The van der Waals surface area contributed by atoms with Gasteiger partial charge in [0.15, 0.2) is 0 Å². The zero-order valence-corrected chi connectivity index (χ0v) is 17.1. The van der Waals surface area contributed by atoms with Crippen molar-refractivity contribution in [1.82, 2.24) is 14.7 Å². The van der Waals surface area contributed by atoms with E-state index in [1.54, 1.807) is 11.8 Å². The number of aromatic nitrogens is 2. The average Bonchev–Trinajstić information content (AvgIpc) is 3.19. The van der Waals surface area contributed by atoms with Gasteiger partial charge in [-0.1, -0.05) is 30.3 Å². The minimum atomic E-state index is -0.0185. The number of benzene rings is 2. The highest BCUT2D eigenvalue weighted by Crippen LogP contribution is 2.32. The Morgan fingerprint density at radius 1 is 1.07 bits per heavy atom. The lowest BCUT2D eigenvalue weighted by molar-refractivity contribution is 0.0715. The number of hydrogen-bond acceptors (Lipinski definition) is 4. The zero-order chi connectivity index (χ0) is 19.5. The van der Waals surface area contributed by atoms with Gasteiger partial charge in [0.25, 0.3) is 5.91 Å². The quantitative estimate of drug-likeness (QED) is 0.711. The molecule has 0 radical (unpaired) electrons. The van der Waals surface area contributed by atoms with Gasteiger partial charge in [-0.25, -0.2) is 4.68 Å². The highest BCUT2D eigenvalue weighted by Gasteiger charge is 2.27. The van der Waals surface area contributed by atoms with Crippen LogP contribution >= 0.6 is 12.4 Å². The Morgan fingerprint density at radius 3 is 2.41 bits per heavy atom. The van der Waals surface area contributed by atoms with Gasteiger partial charge in [0.2, 0.25) is 0 Å². The lowest BCUT2D eigenvalue weighted by atomic mass is 10.0. The second-order valence-corrected chi connectivity index (χ2v) is 7.00. The zero-order valence-electron chi connectivity index (χ0n) is 16.3. The van der Waals surface area contributed by atoms with Crippen molar-refractivity contribution in [2.24, 2.45) is 5.73 Å². The van der Waals surface area contributed by atoms with Crippen molar-refractivity contribution in [2.75, 3.05) is 20.2 Å². The van der Waals surface area contributed by atoms with Crippen LogP contribution in [-0.2, 0) is 0 Å². The molecule has 152 valence electrons. The van der Waals surface area contributed by atoms with Crippen LogP contribution in [0.1, 0.15) is 23.2 Å². The molecule has 1 fully saturated rings. The van der Waals surface area contributed by atoms with E-state index in [2.05, 4.69) is 0 Å². The van der Waals surface area contributed by atoms with Crippen molar-refractivity contribution in [1.29, 1.82) is 0 Å². The first kappa shape index (κ1) is 20.9. The SMILES string of the molecule is COc1ccccc1-c1nn(-c2ccccc2)cc1C(=O)N1CCC(N)CC1.Cl. The lowest BCUT2D eigenvalue weighted by Crippen LogP contribution is -2.42. The largest absolute Gasteiger partial charge is 0.496 e. The summed E-state index contributed by atoms with van der Waals surface area (Å²) in [6.45, 7) is 1.34. The summed E-state index contributed by atoms with van der Waals surface area (Å²) in [5.74, 6) is 0.672. The maximum atomic E-state index is 13.3. The van der Waals surface area contributed by atoms with Gasteiger partial charge in [-0.05, 0) is 37.1 Å². The lowest BCUT2D eigenvalue weighted by Gasteiger charge is -2.30. The molecule has 0 spiro atoms. The molecular weight excluding hydrogens is 388 g/mol. The number of piperidine rings is 1. The molecule has 3 aromatic rings. The van der Waals surface area contributed by atoms with E-state index in [-0.39, 0.29) is 24.4 Å². The third-order valence-corrected chi connectivity index (χ3v) is 5.15. The summed E-state index contributed by atoms with van der Waals surface area (Å²) in [6.07, 6.45) is 3.46. The van der Waals surface area contributed by atoms with Crippen LogP contribution in [0, 0.1) is 0 Å². The van der Waals surface area contributed by atoms with E-state index < -0.39 is 0 Å². The number of para-hydroxylation sites is 2. The molecule has 2 N–H and O–H groups in total. The molecule has 1 saturated heterocycles. The predicted octanol–water partition coefficient (Wildman–Crippen LogP) is 3.53. The first-order valence-corrected chi connectivity index (χ1v) is 9.50. The molecule has 0 aliphatic carbocycles. The van der Waals surface area contributed by atoms with E-state index in [1.807, 2.05) is 65.7 Å². The van der Waals surface area contributed by atoms with Crippen molar-refractivity contribution in [3.8, 4) is 22.7 Å². The molecule has 0 bridgehead atoms. The summed E-state index contributed by atoms with van der Waals surface area (Å²) >= 11 is 0. The maximum Gasteiger partial charge on any atom is 0.257 e. The normalized spacial score (nSPS) is 14.3. The van der Waals surface area contributed by atoms with Crippen LogP contribution in [0.3, 0.4) is 0 Å². The van der Waals surface area contributed by atoms with Crippen LogP contribution in [0.5, 0.6) is 5.75 Å². The van der Waals surface area contributed by atoms with E-state index in [0.717, 1.165) is 24.1 Å². The van der Waals surface area contributed by atoms with E-state index >= 15 is 0 Å². The smallest absolute Gasteiger partial charge is 0.257 e. The minimum Gasteiger partial charge on any atom is -0.496 e. The standard InChI is InChI=1S/C22H24N4O2.ClH/c1-28-20-10-6-5-9-18(20)21-19(22(27)25-13-11-16(23)12-14-25)15-26(24-21)17-7-3-2-4-8-17;/h2-10,15-16H,11-14,23H2,1H3;1H. The van der Waals surface area contributed by atoms with Gasteiger partial charge >= 0.3 is 0 Å². The summed E-state index contributed by atoms with van der Waals surface area (Å²) < 4.78 is 7.27. The highest BCUT2D eigenvalue weighted by molar-refractivity contribution is 6.00. The second-order valence-electron chi connectivity index (χ2n) is 7.00. The van der Waals surface area contributed by atoms with Crippen LogP contribution in [0.25, 0.3) is 16.9 Å². The Morgan fingerprint density at radius 2 is 1.72 bits per heavy atom. The fourth-order valence-electron chi connectivity index (χ4n) is 3.56. The number of amides is 1. The van der Waals surface area contributed by atoms with Gasteiger partial charge in [0, 0.05) is 30.9 Å². The van der Waals surface area contributed by atoms with Crippen LogP contribution in [0.15, 0.2) is 60.8 Å². The first-order valence-electron chi connectivity index (χ1n) is 9.50. The van der Waals surface area contributed by atoms with Crippen molar-refractivity contribution >= 4 is 18.3 Å². The number of hydrogen-bond donors (Lipinski definition) is 1. The Hall–Kier alpha value is -2.83. The fraction of sp³-hybridized carbons (Fsp3) is 0.273. The van der Waals surface area contributed by atoms with Crippen LogP contribution < -0.4 is 10.5 Å². The van der Waals surface area contributed by atoms with Crippen molar-refractivity contribution < 1.29 is 9.53 Å². The summed E-state index contributed by atoms with van der Waals surface area (Å²) in [4.78, 5) is 15.2. The molecule has 2 heterocycles. The molecule has 6 nitrogen and oxygen atoms in total. The molecule has 1 aromatic heterocycles. The van der Waals surface area contributed by atoms with Gasteiger partial charge in [-0.2, -0.15) is 5.10 Å². The number of ether oxygens (including phenoxy) is 1. The van der Waals surface area contributed by atoms with Gasteiger partial charge in [0.1, 0.15) is 11.4 Å². The molecule has 1 aliphatic heterocycles. The number of carbonyl (C=O) groups is 1. The first-order chi connectivity index (χ1) is 13.7. The Kier molecular flexibility index (Phi) is 6.56. The van der Waals surface area contributed by atoms with E-state index in [0.29, 0.717) is 30.1 Å². The number of nitrogens with two attached hydrogens (primary N) is 1. The van der Waals surface area contributed by atoms with E-state index in [1.165, 1.54) is 0 Å². The average molecular weight is 413 g/mol. The Labute approximate surface area is 176 Å². The molecular formula is C22H25ClN4O2. The molecule has 29 heavy (non-hydrogen) atoms. The van der Waals surface area contributed by atoms with Crippen molar-refractivity contribution in [2.45, 2.75) is 18.9 Å². The fourth-order valence-corrected chi connectivity index (χ4v) is 3.56. The third-order valence-electron chi connectivity index (χ3n) is 5.15. The Balaban J connectivity index is 0.00000240. The molecule has 1 aliphatic rings. The highest BCUT2D eigenvalue weighted by atomic mass is 35.5. The van der Waals surface area contributed by atoms with Crippen LogP contribution in [0.4, 0.5) is 0 Å². The summed E-state index contributed by atoms with van der Waals surface area (Å²) in [6, 6.07) is 17.6. The topological polar surface area (TPSA) is 73.4 Å². The van der Waals surface area contributed by atoms with Gasteiger partial charge in [-0.3, -0.25) is 4.79 Å². The van der Waals surface area contributed by atoms with Crippen LogP contribution in [-0.4, -0.2) is 46.8 Å². The third kappa shape index (κ3) is 4.28. The monoisotopic (exact) mass is 412 g/mol. The molecule has 2 aromatic carbocycles. The van der Waals surface area contributed by atoms with Gasteiger partial charge in [-0.15, -0.1) is 12.4 Å².